The number of sulfonamides is 2. The van der Waals surface area contributed by atoms with Crippen LogP contribution in [0.25, 0.3) is 10.9 Å². The molecule has 0 unspecified atom stereocenters. The number of aryl methyl sites for hydroxylation is 1. The summed E-state index contributed by atoms with van der Waals surface area (Å²) in [5.41, 5.74) is 1.49. The van der Waals surface area contributed by atoms with E-state index in [9.17, 15) is 16.8 Å². The fourth-order valence-corrected chi connectivity index (χ4v) is 6.26. The highest BCUT2D eigenvalue weighted by Gasteiger charge is 2.27. The van der Waals surface area contributed by atoms with E-state index in [-0.39, 0.29) is 15.5 Å². The van der Waals surface area contributed by atoms with Crippen LogP contribution in [0.5, 0.6) is 0 Å². The van der Waals surface area contributed by atoms with Crippen molar-refractivity contribution in [3.8, 4) is 0 Å². The van der Waals surface area contributed by atoms with Crippen LogP contribution in [0.1, 0.15) is 18.4 Å². The highest BCUT2D eigenvalue weighted by molar-refractivity contribution is 7.93. The van der Waals surface area contributed by atoms with Crippen molar-refractivity contribution >= 4 is 36.6 Å². The third-order valence-electron chi connectivity index (χ3n) is 4.89. The molecule has 0 saturated carbocycles. The molecule has 0 aliphatic carbocycles. The number of benzene rings is 2. The number of rotatable bonds is 5. The van der Waals surface area contributed by atoms with Crippen LogP contribution in [0, 0.1) is 6.92 Å². The van der Waals surface area contributed by atoms with Crippen molar-refractivity contribution in [1.82, 2.24) is 9.29 Å². The predicted molar refractivity (Wildman–Crippen MR) is 112 cm³/mol. The third kappa shape index (κ3) is 3.85. The first-order valence-electron chi connectivity index (χ1n) is 9.26. The Bertz CT molecular complexity index is 1280. The molecule has 1 saturated heterocycles. The molecule has 152 valence electrons. The molecule has 3 aromatic rings. The van der Waals surface area contributed by atoms with Crippen LogP contribution in [-0.2, 0) is 20.0 Å². The number of pyridine rings is 1. The minimum Gasteiger partial charge on any atom is -0.280 e. The lowest BCUT2D eigenvalue weighted by atomic mass is 10.2. The van der Waals surface area contributed by atoms with Crippen molar-refractivity contribution in [2.75, 3.05) is 17.8 Å². The second-order valence-corrected chi connectivity index (χ2v) is 10.7. The number of fused-ring (bicyclic) bond motifs is 1. The molecule has 29 heavy (non-hydrogen) atoms. The largest absolute Gasteiger partial charge is 0.280 e. The van der Waals surface area contributed by atoms with E-state index in [1.54, 1.807) is 18.3 Å². The molecule has 1 aliphatic heterocycles. The SMILES string of the molecule is Cc1cnc2c(S(=O)(=O)Nc3cccc(S(=O)(=O)N4CCCC4)c3)cccc2c1. The Labute approximate surface area is 170 Å². The van der Waals surface area contributed by atoms with Gasteiger partial charge in [-0.3, -0.25) is 9.71 Å². The lowest BCUT2D eigenvalue weighted by Crippen LogP contribution is -2.27. The Kier molecular flexibility index (Phi) is 5.05. The predicted octanol–water partition coefficient (Wildman–Crippen LogP) is 3.13. The number of nitrogens with one attached hydrogen (secondary N) is 1. The molecular weight excluding hydrogens is 410 g/mol. The van der Waals surface area contributed by atoms with Gasteiger partial charge in [-0.25, -0.2) is 16.8 Å². The van der Waals surface area contributed by atoms with Crippen molar-refractivity contribution in [3.63, 3.8) is 0 Å². The van der Waals surface area contributed by atoms with Gasteiger partial charge in [0.05, 0.1) is 16.1 Å². The molecule has 0 bridgehead atoms. The minimum absolute atomic E-state index is 0.0443. The fourth-order valence-electron chi connectivity index (χ4n) is 3.47. The molecule has 0 radical (unpaired) electrons. The fraction of sp³-hybridized carbons (Fsp3) is 0.250. The van der Waals surface area contributed by atoms with E-state index in [2.05, 4.69) is 9.71 Å². The Morgan fingerprint density at radius 1 is 0.966 bits per heavy atom. The summed E-state index contributed by atoms with van der Waals surface area (Å²) in [5, 5.41) is 0.721. The molecule has 1 fully saturated rings. The van der Waals surface area contributed by atoms with Crippen LogP contribution in [0.4, 0.5) is 5.69 Å². The lowest BCUT2D eigenvalue weighted by molar-refractivity contribution is 0.477. The summed E-state index contributed by atoms with van der Waals surface area (Å²) >= 11 is 0. The van der Waals surface area contributed by atoms with Crippen molar-refractivity contribution in [1.29, 1.82) is 0 Å². The molecule has 1 N–H and O–H groups in total. The van der Waals surface area contributed by atoms with Gasteiger partial charge < -0.3 is 0 Å². The summed E-state index contributed by atoms with van der Waals surface area (Å²) in [6.07, 6.45) is 3.28. The van der Waals surface area contributed by atoms with Crippen molar-refractivity contribution < 1.29 is 16.8 Å². The van der Waals surface area contributed by atoms with Crippen LogP contribution in [0.15, 0.2) is 64.5 Å². The van der Waals surface area contributed by atoms with Crippen LogP contribution < -0.4 is 4.72 Å². The summed E-state index contributed by atoms with van der Waals surface area (Å²) in [5.74, 6) is 0. The maximum absolute atomic E-state index is 13.0. The molecule has 9 heteroatoms. The highest BCUT2D eigenvalue weighted by Crippen LogP contribution is 2.27. The smallest absolute Gasteiger partial charge is 0.264 e. The first-order chi connectivity index (χ1) is 13.8. The van der Waals surface area contributed by atoms with Crippen molar-refractivity contribution in [3.05, 3.63) is 60.3 Å². The van der Waals surface area contributed by atoms with Gasteiger partial charge in [-0.15, -0.1) is 0 Å². The number of nitrogens with zero attached hydrogens (tertiary/aromatic N) is 2. The van der Waals surface area contributed by atoms with Gasteiger partial charge in [0.1, 0.15) is 4.90 Å². The number of hydrogen-bond donors (Lipinski definition) is 1. The van der Waals surface area contributed by atoms with Gasteiger partial charge in [0.25, 0.3) is 10.0 Å². The van der Waals surface area contributed by atoms with Gasteiger partial charge >= 0.3 is 0 Å². The average molecular weight is 432 g/mol. The molecule has 0 spiro atoms. The molecule has 2 aromatic carbocycles. The molecule has 0 atom stereocenters. The maximum Gasteiger partial charge on any atom is 0.264 e. The van der Waals surface area contributed by atoms with Gasteiger partial charge in [0, 0.05) is 24.7 Å². The van der Waals surface area contributed by atoms with Gasteiger partial charge in [-0.2, -0.15) is 4.31 Å². The highest BCUT2D eigenvalue weighted by atomic mass is 32.2. The van der Waals surface area contributed by atoms with Gasteiger partial charge in [0.15, 0.2) is 0 Å². The van der Waals surface area contributed by atoms with E-state index in [4.69, 9.17) is 0 Å². The van der Waals surface area contributed by atoms with Crippen LogP contribution >= 0.6 is 0 Å². The van der Waals surface area contributed by atoms with E-state index < -0.39 is 20.0 Å². The second kappa shape index (κ2) is 7.40. The molecule has 7 nitrogen and oxygen atoms in total. The van der Waals surface area contributed by atoms with E-state index in [1.807, 2.05) is 13.0 Å². The molecule has 0 amide bonds. The molecule has 2 heterocycles. The van der Waals surface area contributed by atoms with Crippen LogP contribution in [0.2, 0.25) is 0 Å². The Hall–Kier alpha value is -2.49. The van der Waals surface area contributed by atoms with E-state index in [0.717, 1.165) is 23.8 Å². The number of hydrogen-bond acceptors (Lipinski definition) is 5. The quantitative estimate of drug-likeness (QED) is 0.669. The second-order valence-electron chi connectivity index (χ2n) is 7.09. The van der Waals surface area contributed by atoms with Crippen molar-refractivity contribution in [2.45, 2.75) is 29.6 Å². The zero-order valence-electron chi connectivity index (χ0n) is 15.9. The zero-order valence-corrected chi connectivity index (χ0v) is 17.5. The van der Waals surface area contributed by atoms with Gasteiger partial charge in [-0.05, 0) is 55.7 Å². The average Bonchev–Trinajstić information content (AvgIpc) is 3.23. The molecule has 1 aromatic heterocycles. The normalized spacial score (nSPS) is 15.6. The lowest BCUT2D eigenvalue weighted by Gasteiger charge is -2.16. The standard InChI is InChI=1S/C20H21N3O4S2/c1-15-12-16-6-4-9-19(20(16)21-14-15)28(24,25)22-17-7-5-8-18(13-17)29(26,27)23-10-2-3-11-23/h4-9,12-14,22H,2-3,10-11H2,1H3. The Balaban J connectivity index is 1.69. The summed E-state index contributed by atoms with van der Waals surface area (Å²) < 4.78 is 55.5. The molecule has 4 rings (SSSR count). The topological polar surface area (TPSA) is 96.4 Å². The van der Waals surface area contributed by atoms with Crippen molar-refractivity contribution in [2.24, 2.45) is 0 Å². The zero-order chi connectivity index (χ0) is 20.6. The summed E-state index contributed by atoms with van der Waals surface area (Å²) in [6, 6.07) is 12.7. The number of aromatic nitrogens is 1. The van der Waals surface area contributed by atoms with Gasteiger partial charge in [0.2, 0.25) is 10.0 Å². The van der Waals surface area contributed by atoms with Crippen LogP contribution in [-0.4, -0.2) is 39.2 Å². The maximum atomic E-state index is 13.0. The Morgan fingerprint density at radius 2 is 1.69 bits per heavy atom. The summed E-state index contributed by atoms with van der Waals surface area (Å²) in [7, 11) is -7.59. The minimum atomic E-state index is -3.95. The first kappa shape index (κ1) is 19.8. The van der Waals surface area contributed by atoms with E-state index in [0.29, 0.717) is 18.6 Å². The van der Waals surface area contributed by atoms with E-state index >= 15 is 0 Å². The Morgan fingerprint density at radius 3 is 2.45 bits per heavy atom. The summed E-state index contributed by atoms with van der Waals surface area (Å²) in [6.45, 7) is 2.86. The third-order valence-corrected chi connectivity index (χ3v) is 8.20. The van der Waals surface area contributed by atoms with E-state index in [1.165, 1.54) is 34.6 Å². The first-order valence-corrected chi connectivity index (χ1v) is 12.2. The number of anilines is 1. The molecule has 1 aliphatic rings. The molecular formula is C20H21N3O4S2. The number of para-hydroxylation sites is 1. The monoisotopic (exact) mass is 431 g/mol. The van der Waals surface area contributed by atoms with Gasteiger partial charge in [-0.1, -0.05) is 18.2 Å². The van der Waals surface area contributed by atoms with Crippen LogP contribution in [0.3, 0.4) is 0 Å². The summed E-state index contributed by atoms with van der Waals surface area (Å²) in [4.78, 5) is 4.40.